The summed E-state index contributed by atoms with van der Waals surface area (Å²) in [6.45, 7) is 8.08. The highest BCUT2D eigenvalue weighted by molar-refractivity contribution is 5.96. The Bertz CT molecular complexity index is 1320. The van der Waals surface area contributed by atoms with Crippen molar-refractivity contribution >= 4 is 11.9 Å². The van der Waals surface area contributed by atoms with Gasteiger partial charge < -0.3 is 19.9 Å². The van der Waals surface area contributed by atoms with Gasteiger partial charge in [-0.3, -0.25) is 9.59 Å². The van der Waals surface area contributed by atoms with Crippen LogP contribution < -0.4 is 14.8 Å². The van der Waals surface area contributed by atoms with Gasteiger partial charge in [-0.2, -0.15) is 0 Å². The molecule has 0 radical (unpaired) electrons. The minimum absolute atomic E-state index is 0.0663. The van der Waals surface area contributed by atoms with Gasteiger partial charge in [0.05, 0.1) is 6.04 Å². The van der Waals surface area contributed by atoms with Crippen LogP contribution in [0.3, 0.4) is 0 Å². The van der Waals surface area contributed by atoms with E-state index in [2.05, 4.69) is 30.0 Å². The van der Waals surface area contributed by atoms with E-state index in [-0.39, 0.29) is 42.7 Å². The predicted octanol–water partition coefficient (Wildman–Crippen LogP) is 7.32. The molecule has 0 aromatic heterocycles. The van der Waals surface area contributed by atoms with E-state index >= 15 is 0 Å². The summed E-state index contributed by atoms with van der Waals surface area (Å²) in [5, 5.41) is 12.3. The number of rotatable bonds is 12. The summed E-state index contributed by atoms with van der Waals surface area (Å²) in [4.78, 5) is 24.8. The minimum Gasteiger partial charge on any atom is -0.489 e. The largest absolute Gasteiger partial charge is 0.573 e. The number of ether oxygens (including phenoxy) is 2. The third-order valence-corrected chi connectivity index (χ3v) is 6.13. The lowest BCUT2D eigenvalue weighted by molar-refractivity contribution is -0.274. The highest BCUT2D eigenvalue weighted by Gasteiger charge is 2.31. The molecule has 0 fully saturated rings. The van der Waals surface area contributed by atoms with Crippen LogP contribution in [-0.2, 0) is 17.8 Å². The van der Waals surface area contributed by atoms with Crippen LogP contribution in [0.25, 0.3) is 0 Å². The molecular formula is C31H34F3NO5. The highest BCUT2D eigenvalue weighted by atomic mass is 19.4. The number of carbonyl (C=O) groups is 2. The van der Waals surface area contributed by atoms with Crippen LogP contribution in [0.1, 0.15) is 70.9 Å². The first-order chi connectivity index (χ1) is 18.8. The minimum atomic E-state index is -4.81. The normalized spacial score (nSPS) is 12.2. The fourth-order valence-corrected chi connectivity index (χ4v) is 4.51. The van der Waals surface area contributed by atoms with Crippen molar-refractivity contribution in [1.29, 1.82) is 0 Å². The molecule has 1 atom stereocenters. The number of halogens is 3. The molecule has 3 aromatic carbocycles. The summed E-state index contributed by atoms with van der Waals surface area (Å²) in [6.07, 6.45) is -4.11. The van der Waals surface area contributed by atoms with E-state index in [9.17, 15) is 27.9 Å². The smallest absolute Gasteiger partial charge is 0.489 e. The van der Waals surface area contributed by atoms with Gasteiger partial charge in [0.15, 0.2) is 0 Å². The molecule has 0 aliphatic rings. The average Bonchev–Trinajstić information content (AvgIpc) is 2.84. The fourth-order valence-electron chi connectivity index (χ4n) is 4.51. The fraction of sp³-hybridized carbons (Fsp3) is 0.355. The maximum Gasteiger partial charge on any atom is 0.573 e. The Labute approximate surface area is 232 Å². The molecular weight excluding hydrogens is 523 g/mol. The standard InChI is InChI=1S/C31H34F3NO5/c1-19(2)12-28(24-14-20(3)13-21(4)15-24)35-30(38)27-17-25(10-8-23(27)9-11-29(36)37)39-18-22-6-5-7-26(16-22)40-31(32,33)34/h5-8,10,13-17,19,28H,9,11-12,18H2,1-4H3,(H,35,38)(H,36,37). The monoisotopic (exact) mass is 557 g/mol. The molecule has 2 N–H and O–H groups in total. The van der Waals surface area contributed by atoms with E-state index in [4.69, 9.17) is 4.74 Å². The lowest BCUT2D eigenvalue weighted by Gasteiger charge is -2.23. The van der Waals surface area contributed by atoms with Crippen molar-refractivity contribution in [1.82, 2.24) is 5.32 Å². The molecule has 0 aliphatic carbocycles. The van der Waals surface area contributed by atoms with Gasteiger partial charge in [0.2, 0.25) is 0 Å². The number of aryl methyl sites for hydroxylation is 3. The first-order valence-corrected chi connectivity index (χ1v) is 13.0. The van der Waals surface area contributed by atoms with Crippen molar-refractivity contribution in [3.63, 3.8) is 0 Å². The number of alkyl halides is 3. The summed E-state index contributed by atoms with van der Waals surface area (Å²) in [6, 6.07) is 16.1. The summed E-state index contributed by atoms with van der Waals surface area (Å²) in [5.74, 6) is -1.10. The summed E-state index contributed by atoms with van der Waals surface area (Å²) in [5.41, 5.74) is 4.43. The number of carboxylic acid groups (broad SMARTS) is 1. The zero-order valence-electron chi connectivity index (χ0n) is 23.0. The SMILES string of the molecule is Cc1cc(C)cc(C(CC(C)C)NC(=O)c2cc(OCc3cccc(OC(F)(F)F)c3)ccc2CCC(=O)O)c1. The van der Waals surface area contributed by atoms with Crippen LogP contribution >= 0.6 is 0 Å². The van der Waals surface area contributed by atoms with Crippen molar-refractivity contribution < 1.29 is 37.3 Å². The van der Waals surface area contributed by atoms with E-state index in [1.54, 1.807) is 18.2 Å². The van der Waals surface area contributed by atoms with Crippen LogP contribution in [0.5, 0.6) is 11.5 Å². The van der Waals surface area contributed by atoms with Crippen molar-refractivity contribution in [3.05, 3.63) is 94.0 Å². The Hall–Kier alpha value is -4.01. The van der Waals surface area contributed by atoms with Crippen LogP contribution in [0.4, 0.5) is 13.2 Å². The number of carboxylic acids is 1. The maximum absolute atomic E-state index is 13.6. The average molecular weight is 558 g/mol. The van der Waals surface area contributed by atoms with Crippen LogP contribution in [0.2, 0.25) is 0 Å². The quantitative estimate of drug-likeness (QED) is 0.244. The van der Waals surface area contributed by atoms with Crippen LogP contribution in [0.15, 0.2) is 60.7 Å². The Morgan fingerprint density at radius 3 is 2.27 bits per heavy atom. The first-order valence-electron chi connectivity index (χ1n) is 13.0. The summed E-state index contributed by atoms with van der Waals surface area (Å²) >= 11 is 0. The van der Waals surface area contributed by atoms with Gasteiger partial charge in [0.1, 0.15) is 18.1 Å². The molecule has 0 spiro atoms. The van der Waals surface area contributed by atoms with Gasteiger partial charge in [-0.05, 0) is 73.6 Å². The molecule has 0 bridgehead atoms. The molecule has 1 amide bonds. The van der Waals surface area contributed by atoms with Gasteiger partial charge in [-0.15, -0.1) is 13.2 Å². The highest BCUT2D eigenvalue weighted by Crippen LogP contribution is 2.27. The van der Waals surface area contributed by atoms with Crippen LogP contribution in [-0.4, -0.2) is 23.3 Å². The van der Waals surface area contributed by atoms with Crippen molar-refractivity contribution in [2.45, 2.75) is 66.0 Å². The molecule has 6 nitrogen and oxygen atoms in total. The zero-order valence-corrected chi connectivity index (χ0v) is 23.0. The third kappa shape index (κ3) is 9.63. The molecule has 40 heavy (non-hydrogen) atoms. The maximum atomic E-state index is 13.6. The molecule has 3 rings (SSSR count). The van der Waals surface area contributed by atoms with Gasteiger partial charge in [0, 0.05) is 12.0 Å². The molecule has 0 saturated carbocycles. The van der Waals surface area contributed by atoms with Crippen LogP contribution in [0, 0.1) is 19.8 Å². The lowest BCUT2D eigenvalue weighted by Crippen LogP contribution is -2.30. The second kappa shape index (κ2) is 13.4. The number of hydrogen-bond acceptors (Lipinski definition) is 4. The summed E-state index contributed by atoms with van der Waals surface area (Å²) < 4.78 is 47.5. The molecule has 0 heterocycles. The number of amides is 1. The number of aliphatic carboxylic acids is 1. The van der Waals surface area contributed by atoms with Gasteiger partial charge >= 0.3 is 12.3 Å². The Morgan fingerprint density at radius 2 is 1.65 bits per heavy atom. The van der Waals surface area contributed by atoms with Gasteiger partial charge in [0.25, 0.3) is 5.91 Å². The Balaban J connectivity index is 1.86. The van der Waals surface area contributed by atoms with Gasteiger partial charge in [-0.1, -0.05) is 61.4 Å². The summed E-state index contributed by atoms with van der Waals surface area (Å²) in [7, 11) is 0. The van der Waals surface area contributed by atoms with E-state index < -0.39 is 12.3 Å². The number of nitrogens with one attached hydrogen (secondary N) is 1. The molecule has 214 valence electrons. The number of hydrogen-bond donors (Lipinski definition) is 2. The predicted molar refractivity (Wildman–Crippen MR) is 145 cm³/mol. The van der Waals surface area contributed by atoms with Crippen molar-refractivity contribution in [2.75, 3.05) is 0 Å². The number of carbonyl (C=O) groups excluding carboxylic acids is 1. The molecule has 0 saturated heterocycles. The van der Waals surface area contributed by atoms with E-state index in [0.717, 1.165) is 16.7 Å². The number of benzene rings is 3. The molecule has 3 aromatic rings. The second-order valence-corrected chi connectivity index (χ2v) is 10.3. The van der Waals surface area contributed by atoms with Crippen molar-refractivity contribution in [2.24, 2.45) is 5.92 Å². The molecule has 1 unspecified atom stereocenters. The lowest BCUT2D eigenvalue weighted by atomic mass is 9.93. The second-order valence-electron chi connectivity index (χ2n) is 10.3. The third-order valence-electron chi connectivity index (χ3n) is 6.13. The Kier molecular flexibility index (Phi) is 10.2. The van der Waals surface area contributed by atoms with E-state index in [1.807, 2.05) is 26.0 Å². The van der Waals surface area contributed by atoms with Gasteiger partial charge in [-0.25, -0.2) is 0 Å². The molecule has 9 heteroatoms. The first kappa shape index (κ1) is 30.5. The van der Waals surface area contributed by atoms with E-state index in [1.165, 1.54) is 24.3 Å². The molecule has 0 aliphatic heterocycles. The van der Waals surface area contributed by atoms with Crippen molar-refractivity contribution in [3.8, 4) is 11.5 Å². The van der Waals surface area contributed by atoms with E-state index in [0.29, 0.717) is 29.2 Å². The topological polar surface area (TPSA) is 84.9 Å². The Morgan fingerprint density at radius 1 is 0.950 bits per heavy atom. The zero-order chi connectivity index (χ0) is 29.4.